The molecule has 0 aliphatic carbocycles. The van der Waals surface area contributed by atoms with Gasteiger partial charge in [-0.05, 0) is 37.8 Å². The normalized spacial score (nSPS) is 18.4. The Balaban J connectivity index is 2.49. The number of ether oxygens (including phenoxy) is 1. The molecule has 1 unspecified atom stereocenters. The number of rotatable bonds is 3. The van der Waals surface area contributed by atoms with E-state index < -0.39 is 22.8 Å². The van der Waals surface area contributed by atoms with Crippen LogP contribution in [0.5, 0.6) is 0 Å². The summed E-state index contributed by atoms with van der Waals surface area (Å²) in [6.45, 7) is 2.05. The molecular formula is C14H17FN2O4. The van der Waals surface area contributed by atoms with Crippen LogP contribution in [0, 0.1) is 22.9 Å². The highest BCUT2D eigenvalue weighted by atomic mass is 19.1. The molecule has 1 heterocycles. The Morgan fingerprint density at radius 1 is 1.48 bits per heavy atom. The summed E-state index contributed by atoms with van der Waals surface area (Å²) in [5.41, 5.74) is 0.257. The molecule has 1 aliphatic rings. The van der Waals surface area contributed by atoms with Gasteiger partial charge in [0.15, 0.2) is 0 Å². The smallest absolute Gasteiger partial charge is 0.328 e. The van der Waals surface area contributed by atoms with Gasteiger partial charge in [0.25, 0.3) is 5.69 Å². The molecule has 0 radical (unpaired) electrons. The fourth-order valence-electron chi connectivity index (χ4n) is 2.63. The molecule has 2 rings (SSSR count). The average molecular weight is 296 g/mol. The number of hydrogen-bond acceptors (Lipinski definition) is 5. The van der Waals surface area contributed by atoms with E-state index in [0.29, 0.717) is 18.5 Å². The SMILES string of the molecule is COC(=O)C1CCCCN1c1cc(C)c(F)cc1[N+](=O)[O-]. The summed E-state index contributed by atoms with van der Waals surface area (Å²) in [5.74, 6) is -1.05. The lowest BCUT2D eigenvalue weighted by molar-refractivity contribution is -0.384. The fourth-order valence-corrected chi connectivity index (χ4v) is 2.63. The number of aryl methyl sites for hydroxylation is 1. The first-order valence-corrected chi connectivity index (χ1v) is 6.74. The average Bonchev–Trinajstić information content (AvgIpc) is 2.48. The van der Waals surface area contributed by atoms with Crippen molar-refractivity contribution in [3.63, 3.8) is 0 Å². The Labute approximate surface area is 121 Å². The quantitative estimate of drug-likeness (QED) is 0.487. The van der Waals surface area contributed by atoms with Crippen molar-refractivity contribution in [2.45, 2.75) is 32.2 Å². The Kier molecular flexibility index (Phi) is 4.40. The van der Waals surface area contributed by atoms with Crippen LogP contribution in [0.2, 0.25) is 0 Å². The predicted octanol–water partition coefficient (Wildman–Crippen LogP) is 2.57. The van der Waals surface area contributed by atoms with Crippen molar-refractivity contribution in [3.05, 3.63) is 33.6 Å². The number of nitrogens with zero attached hydrogens (tertiary/aromatic N) is 2. The number of benzene rings is 1. The second-order valence-electron chi connectivity index (χ2n) is 5.08. The van der Waals surface area contributed by atoms with E-state index in [2.05, 4.69) is 0 Å². The van der Waals surface area contributed by atoms with Crippen LogP contribution in [0.25, 0.3) is 0 Å². The highest BCUT2D eigenvalue weighted by molar-refractivity contribution is 5.82. The summed E-state index contributed by atoms with van der Waals surface area (Å²) in [6, 6.07) is 1.77. The third-order valence-electron chi connectivity index (χ3n) is 3.74. The second-order valence-corrected chi connectivity index (χ2v) is 5.08. The first-order chi connectivity index (χ1) is 9.95. The lowest BCUT2D eigenvalue weighted by Crippen LogP contribution is -2.45. The zero-order valence-electron chi connectivity index (χ0n) is 12.0. The maximum atomic E-state index is 13.6. The largest absolute Gasteiger partial charge is 0.467 e. The molecule has 0 spiro atoms. The van der Waals surface area contributed by atoms with Crippen LogP contribution >= 0.6 is 0 Å². The zero-order valence-corrected chi connectivity index (χ0v) is 12.0. The van der Waals surface area contributed by atoms with Gasteiger partial charge >= 0.3 is 5.97 Å². The van der Waals surface area contributed by atoms with Crippen LogP contribution in [-0.2, 0) is 9.53 Å². The monoisotopic (exact) mass is 296 g/mol. The number of nitro groups is 1. The lowest BCUT2D eigenvalue weighted by atomic mass is 10.00. The maximum absolute atomic E-state index is 13.6. The number of halogens is 1. The number of hydrogen-bond donors (Lipinski definition) is 0. The fraction of sp³-hybridized carbons (Fsp3) is 0.500. The summed E-state index contributed by atoms with van der Waals surface area (Å²) in [5, 5.41) is 11.2. The molecule has 1 aliphatic heterocycles. The standard InChI is InChI=1S/C14H17FN2O4/c1-9-7-12(13(17(19)20)8-10(9)15)16-6-4-3-5-11(16)14(18)21-2/h7-8,11H,3-6H2,1-2H3. The third kappa shape index (κ3) is 2.96. The first-order valence-electron chi connectivity index (χ1n) is 6.74. The van der Waals surface area contributed by atoms with Gasteiger partial charge in [0.05, 0.1) is 18.1 Å². The Morgan fingerprint density at radius 2 is 2.19 bits per heavy atom. The van der Waals surface area contributed by atoms with Crippen LogP contribution in [0.3, 0.4) is 0 Å². The number of piperidine rings is 1. The van der Waals surface area contributed by atoms with E-state index in [-0.39, 0.29) is 11.4 Å². The highest BCUT2D eigenvalue weighted by Gasteiger charge is 2.33. The van der Waals surface area contributed by atoms with Gasteiger partial charge in [-0.3, -0.25) is 10.1 Å². The molecule has 1 fully saturated rings. The summed E-state index contributed by atoms with van der Waals surface area (Å²) < 4.78 is 18.4. The lowest BCUT2D eigenvalue weighted by Gasteiger charge is -2.35. The summed E-state index contributed by atoms with van der Waals surface area (Å²) in [4.78, 5) is 24.1. The van der Waals surface area contributed by atoms with Gasteiger partial charge in [0.1, 0.15) is 17.5 Å². The van der Waals surface area contributed by atoms with E-state index in [9.17, 15) is 19.3 Å². The van der Waals surface area contributed by atoms with Gasteiger partial charge in [0.2, 0.25) is 0 Å². The van der Waals surface area contributed by atoms with Crippen molar-refractivity contribution in [1.82, 2.24) is 0 Å². The molecule has 0 N–H and O–H groups in total. The van der Waals surface area contributed by atoms with Gasteiger partial charge in [-0.25, -0.2) is 9.18 Å². The number of anilines is 1. The minimum absolute atomic E-state index is 0.272. The van der Waals surface area contributed by atoms with Crippen LogP contribution in [-0.4, -0.2) is 30.6 Å². The van der Waals surface area contributed by atoms with Crippen LogP contribution in [0.4, 0.5) is 15.8 Å². The summed E-state index contributed by atoms with van der Waals surface area (Å²) in [7, 11) is 1.29. The first kappa shape index (κ1) is 15.2. The van der Waals surface area contributed by atoms with Crippen molar-refractivity contribution in [1.29, 1.82) is 0 Å². The van der Waals surface area contributed by atoms with Crippen molar-refractivity contribution >= 4 is 17.3 Å². The van der Waals surface area contributed by atoms with Crippen molar-refractivity contribution < 1.29 is 18.8 Å². The minimum Gasteiger partial charge on any atom is -0.467 e. The molecule has 0 aromatic heterocycles. The number of carbonyl (C=O) groups excluding carboxylic acids is 1. The van der Waals surface area contributed by atoms with E-state index >= 15 is 0 Å². The Hall–Kier alpha value is -2.18. The second kappa shape index (κ2) is 6.07. The zero-order chi connectivity index (χ0) is 15.6. The van der Waals surface area contributed by atoms with E-state index in [1.807, 2.05) is 0 Å². The molecule has 0 amide bonds. The molecule has 0 saturated carbocycles. The molecule has 6 nitrogen and oxygen atoms in total. The third-order valence-corrected chi connectivity index (χ3v) is 3.74. The van der Waals surface area contributed by atoms with Gasteiger partial charge < -0.3 is 9.64 Å². The molecule has 114 valence electrons. The van der Waals surface area contributed by atoms with E-state index in [0.717, 1.165) is 18.9 Å². The van der Waals surface area contributed by atoms with Crippen LogP contribution < -0.4 is 4.90 Å². The van der Waals surface area contributed by atoms with Crippen LogP contribution in [0.15, 0.2) is 12.1 Å². The van der Waals surface area contributed by atoms with E-state index in [1.165, 1.54) is 13.2 Å². The summed E-state index contributed by atoms with van der Waals surface area (Å²) in [6.07, 6.45) is 2.24. The van der Waals surface area contributed by atoms with E-state index in [1.54, 1.807) is 11.8 Å². The molecule has 1 aromatic carbocycles. The van der Waals surface area contributed by atoms with Crippen molar-refractivity contribution in [2.24, 2.45) is 0 Å². The highest BCUT2D eigenvalue weighted by Crippen LogP contribution is 2.35. The van der Waals surface area contributed by atoms with Gasteiger partial charge in [-0.1, -0.05) is 0 Å². The van der Waals surface area contributed by atoms with Gasteiger partial charge in [-0.2, -0.15) is 0 Å². The Morgan fingerprint density at radius 3 is 2.81 bits per heavy atom. The maximum Gasteiger partial charge on any atom is 0.328 e. The number of carbonyl (C=O) groups is 1. The minimum atomic E-state index is -0.628. The molecule has 1 saturated heterocycles. The number of methoxy groups -OCH3 is 1. The van der Waals surface area contributed by atoms with Crippen molar-refractivity contribution in [2.75, 3.05) is 18.6 Å². The number of nitro benzene ring substituents is 1. The number of esters is 1. The van der Waals surface area contributed by atoms with Gasteiger partial charge in [-0.15, -0.1) is 0 Å². The summed E-state index contributed by atoms with van der Waals surface area (Å²) >= 11 is 0. The molecule has 1 aromatic rings. The topological polar surface area (TPSA) is 72.7 Å². The predicted molar refractivity (Wildman–Crippen MR) is 74.8 cm³/mol. The van der Waals surface area contributed by atoms with E-state index in [4.69, 9.17) is 4.74 Å². The molecular weight excluding hydrogens is 279 g/mol. The Bertz CT molecular complexity index is 576. The van der Waals surface area contributed by atoms with Crippen LogP contribution in [0.1, 0.15) is 24.8 Å². The molecule has 0 bridgehead atoms. The molecule has 7 heteroatoms. The molecule has 1 atom stereocenters. The van der Waals surface area contributed by atoms with Gasteiger partial charge in [0, 0.05) is 6.54 Å². The molecule has 21 heavy (non-hydrogen) atoms. The van der Waals surface area contributed by atoms with Crippen molar-refractivity contribution in [3.8, 4) is 0 Å².